The quantitative estimate of drug-likeness (QED) is 0.703. The van der Waals surface area contributed by atoms with Gasteiger partial charge in [-0.2, -0.15) is 0 Å². The molecule has 1 aliphatic heterocycles. The topological polar surface area (TPSA) is 65.1 Å². The van der Waals surface area contributed by atoms with Gasteiger partial charge in [0.15, 0.2) is 18.1 Å². The molecule has 23 heavy (non-hydrogen) atoms. The molecule has 6 nitrogen and oxygen atoms in total. The first-order chi connectivity index (χ1) is 11.1. The second-order valence-corrected chi connectivity index (χ2v) is 6.37. The highest BCUT2D eigenvalue weighted by Crippen LogP contribution is 2.26. The number of ether oxygens (including phenoxy) is 3. The number of nitrogens with zero attached hydrogens (tertiary/aromatic N) is 1. The van der Waals surface area contributed by atoms with Gasteiger partial charge in [-0.1, -0.05) is 12.1 Å². The van der Waals surface area contributed by atoms with Crippen LogP contribution in [0.1, 0.15) is 6.42 Å². The zero-order chi connectivity index (χ0) is 16.7. The Morgan fingerprint density at radius 3 is 2.70 bits per heavy atom. The fraction of sp³-hybridized carbons (Fsp3) is 0.500. The lowest BCUT2D eigenvalue weighted by Gasteiger charge is -2.17. The summed E-state index contributed by atoms with van der Waals surface area (Å²) in [5, 5.41) is 0.268. The molecule has 1 heterocycles. The van der Waals surface area contributed by atoms with Crippen LogP contribution in [-0.2, 0) is 14.3 Å². The number of rotatable bonds is 7. The Labute approximate surface area is 140 Å². The third kappa shape index (κ3) is 5.06. The van der Waals surface area contributed by atoms with Crippen LogP contribution in [-0.4, -0.2) is 61.7 Å². The van der Waals surface area contributed by atoms with Gasteiger partial charge in [0.05, 0.1) is 20.0 Å². The van der Waals surface area contributed by atoms with E-state index < -0.39 is 0 Å². The molecule has 1 aromatic rings. The molecule has 7 heteroatoms. The summed E-state index contributed by atoms with van der Waals surface area (Å²) in [7, 11) is 2.94. The fourth-order valence-corrected chi connectivity index (χ4v) is 3.35. The number of hydrogen-bond donors (Lipinski definition) is 0. The number of esters is 1. The zero-order valence-electron chi connectivity index (χ0n) is 13.3. The third-order valence-electron chi connectivity index (χ3n) is 3.58. The highest BCUT2D eigenvalue weighted by Gasteiger charge is 2.27. The molecular weight excluding hydrogens is 318 g/mol. The summed E-state index contributed by atoms with van der Waals surface area (Å²) in [5.41, 5.74) is 0. The molecule has 2 rings (SSSR count). The molecule has 126 valence electrons. The van der Waals surface area contributed by atoms with Crippen molar-refractivity contribution in [3.63, 3.8) is 0 Å². The number of amides is 1. The smallest absolute Gasteiger partial charge is 0.315 e. The summed E-state index contributed by atoms with van der Waals surface area (Å²) in [6, 6.07) is 7.23. The zero-order valence-corrected chi connectivity index (χ0v) is 14.1. The van der Waals surface area contributed by atoms with Crippen molar-refractivity contribution in [2.75, 3.05) is 39.7 Å². The summed E-state index contributed by atoms with van der Waals surface area (Å²) in [4.78, 5) is 25.1. The molecular formula is C16H21NO5S. The molecule has 0 unspecified atom stereocenters. The average molecular weight is 339 g/mol. The molecule has 1 fully saturated rings. The normalized spacial score (nSPS) is 17.0. The third-order valence-corrected chi connectivity index (χ3v) is 4.84. The van der Waals surface area contributed by atoms with Crippen molar-refractivity contribution in [2.45, 2.75) is 11.7 Å². The van der Waals surface area contributed by atoms with Gasteiger partial charge < -0.3 is 19.1 Å². The second kappa shape index (κ2) is 8.67. The number of carbonyl (C=O) groups is 2. The lowest BCUT2D eigenvalue weighted by atomic mass is 10.3. The number of carbonyl (C=O) groups excluding carboxylic acids is 2. The number of hydrogen-bond acceptors (Lipinski definition) is 6. The van der Waals surface area contributed by atoms with Gasteiger partial charge in [-0.3, -0.25) is 9.59 Å². The molecule has 0 radical (unpaired) electrons. The van der Waals surface area contributed by atoms with E-state index in [-0.39, 0.29) is 23.7 Å². The van der Waals surface area contributed by atoms with Crippen LogP contribution < -0.4 is 9.47 Å². The standard InChI is InChI=1S/C16H21NO5S/c1-20-13-5-3-4-6-14(13)22-10-15(18)17-8-7-12(9-17)23-11-16(19)21-2/h3-6,12H,7-11H2,1-2H3/t12-/m0/s1. The SMILES string of the molecule is COC(=O)CS[C@H]1CCN(C(=O)COc2ccccc2OC)C1. The molecule has 0 aliphatic carbocycles. The Morgan fingerprint density at radius 2 is 2.00 bits per heavy atom. The van der Waals surface area contributed by atoms with Gasteiger partial charge in [-0.05, 0) is 18.6 Å². The average Bonchev–Trinajstić information content (AvgIpc) is 3.06. The Bertz CT molecular complexity index is 551. The summed E-state index contributed by atoms with van der Waals surface area (Å²) >= 11 is 1.53. The van der Waals surface area contributed by atoms with Crippen LogP contribution in [0.15, 0.2) is 24.3 Å². The van der Waals surface area contributed by atoms with E-state index in [0.29, 0.717) is 30.3 Å². The minimum Gasteiger partial charge on any atom is -0.493 e. The Morgan fingerprint density at radius 1 is 1.26 bits per heavy atom. The Kier molecular flexibility index (Phi) is 6.58. The lowest BCUT2D eigenvalue weighted by Crippen LogP contribution is -2.33. The highest BCUT2D eigenvalue weighted by atomic mass is 32.2. The number of thioether (sulfide) groups is 1. The second-order valence-electron chi connectivity index (χ2n) is 5.08. The Balaban J connectivity index is 1.77. The predicted molar refractivity (Wildman–Crippen MR) is 87.9 cm³/mol. The first-order valence-corrected chi connectivity index (χ1v) is 8.41. The summed E-state index contributed by atoms with van der Waals surface area (Å²) < 4.78 is 15.4. The van der Waals surface area contributed by atoms with Gasteiger partial charge in [0.2, 0.25) is 0 Å². The largest absolute Gasteiger partial charge is 0.493 e. The molecule has 0 N–H and O–H groups in total. The molecule has 1 aliphatic rings. The number of likely N-dealkylation sites (tertiary alicyclic amines) is 1. The molecule has 0 bridgehead atoms. The van der Waals surface area contributed by atoms with E-state index in [2.05, 4.69) is 4.74 Å². The van der Waals surface area contributed by atoms with Crippen LogP contribution in [0.3, 0.4) is 0 Å². The van der Waals surface area contributed by atoms with E-state index in [1.54, 1.807) is 24.1 Å². The maximum absolute atomic E-state index is 12.2. The van der Waals surface area contributed by atoms with Crippen LogP contribution in [0.5, 0.6) is 11.5 Å². The van der Waals surface area contributed by atoms with E-state index in [0.717, 1.165) is 6.42 Å². The summed E-state index contributed by atoms with van der Waals surface area (Å²) in [5.74, 6) is 1.18. The first-order valence-electron chi connectivity index (χ1n) is 7.36. The molecule has 1 saturated heterocycles. The van der Waals surface area contributed by atoms with E-state index in [9.17, 15) is 9.59 Å². The maximum Gasteiger partial charge on any atom is 0.315 e. The van der Waals surface area contributed by atoms with Crippen LogP contribution >= 0.6 is 11.8 Å². The van der Waals surface area contributed by atoms with Crippen LogP contribution in [0, 0.1) is 0 Å². The van der Waals surface area contributed by atoms with E-state index >= 15 is 0 Å². The number of benzene rings is 1. The molecule has 0 aromatic heterocycles. The molecule has 0 saturated carbocycles. The number of methoxy groups -OCH3 is 2. The first kappa shape index (κ1) is 17.5. The summed E-state index contributed by atoms with van der Waals surface area (Å²) in [6.07, 6.45) is 0.877. The van der Waals surface area contributed by atoms with Crippen molar-refractivity contribution in [1.29, 1.82) is 0 Å². The maximum atomic E-state index is 12.2. The molecule has 1 atom stereocenters. The van der Waals surface area contributed by atoms with E-state index in [1.807, 2.05) is 12.1 Å². The van der Waals surface area contributed by atoms with Crippen LogP contribution in [0.2, 0.25) is 0 Å². The van der Waals surface area contributed by atoms with Crippen LogP contribution in [0.25, 0.3) is 0 Å². The van der Waals surface area contributed by atoms with Crippen molar-refractivity contribution in [2.24, 2.45) is 0 Å². The minimum atomic E-state index is -0.237. The minimum absolute atomic E-state index is 0.0191. The van der Waals surface area contributed by atoms with Crippen molar-refractivity contribution >= 4 is 23.6 Å². The van der Waals surface area contributed by atoms with Gasteiger partial charge in [0.1, 0.15) is 0 Å². The van der Waals surface area contributed by atoms with Gasteiger partial charge in [0.25, 0.3) is 5.91 Å². The monoisotopic (exact) mass is 339 g/mol. The molecule has 1 aromatic carbocycles. The predicted octanol–water partition coefficient (Wildman–Crippen LogP) is 1.58. The lowest BCUT2D eigenvalue weighted by molar-refractivity contribution is -0.137. The van der Waals surface area contributed by atoms with Crippen LogP contribution in [0.4, 0.5) is 0 Å². The van der Waals surface area contributed by atoms with Gasteiger partial charge in [0, 0.05) is 18.3 Å². The summed E-state index contributed by atoms with van der Waals surface area (Å²) in [6.45, 7) is 1.30. The van der Waals surface area contributed by atoms with Crippen molar-refractivity contribution in [1.82, 2.24) is 4.90 Å². The van der Waals surface area contributed by atoms with Gasteiger partial charge in [-0.15, -0.1) is 11.8 Å². The molecule has 1 amide bonds. The Hall–Kier alpha value is -1.89. The number of para-hydroxylation sites is 2. The highest BCUT2D eigenvalue weighted by molar-refractivity contribution is 8.00. The van der Waals surface area contributed by atoms with E-state index in [1.165, 1.54) is 18.9 Å². The van der Waals surface area contributed by atoms with Crippen molar-refractivity contribution in [3.8, 4) is 11.5 Å². The van der Waals surface area contributed by atoms with Gasteiger partial charge in [-0.25, -0.2) is 0 Å². The molecule has 0 spiro atoms. The van der Waals surface area contributed by atoms with Crippen molar-refractivity contribution < 1.29 is 23.8 Å². The fourth-order valence-electron chi connectivity index (χ4n) is 2.30. The van der Waals surface area contributed by atoms with Gasteiger partial charge >= 0.3 is 5.97 Å². The van der Waals surface area contributed by atoms with Crippen molar-refractivity contribution in [3.05, 3.63) is 24.3 Å². The van der Waals surface area contributed by atoms with E-state index in [4.69, 9.17) is 9.47 Å².